The number of rotatable bonds is 37. The first kappa shape index (κ1) is 106. The monoisotopic (exact) mass is 1840 g/mol. The highest BCUT2D eigenvalue weighted by molar-refractivity contribution is 8.76. The van der Waals surface area contributed by atoms with Crippen molar-refractivity contribution in [2.75, 3.05) is 70.8 Å². The van der Waals surface area contributed by atoms with E-state index in [9.17, 15) is 77.3 Å². The van der Waals surface area contributed by atoms with E-state index in [1.54, 1.807) is 102 Å². The predicted octanol–water partition coefficient (Wildman–Crippen LogP) is -2.28. The number of aliphatic carboxylic acids is 1. The molecular weight excluding hydrogens is 1720 g/mol. The number of terminal acetylenes is 1. The number of carboxylic acid groups (broad SMARTS) is 1. The summed E-state index contributed by atoms with van der Waals surface area (Å²) in [6.07, 6.45) is 8.01. The number of nitrogens with one attached hydrogen (secondary N) is 18. The SMILES string of the molecule is C#CCCCC(=O)NCCOCCOCCOCCNC(=O)CC[C@@H]1NC(=O)CNC(=O)[C@H](CC(C)C)NC(=O)[C@H](Cc2cnc[nH]2)NC(=O)[C@H](Cc2c[nH]c3ccccc23)NC(=O)[C@H](C)NC(=O)[C@@H](NC(=O)[C@@H](N)CC(=O)O)CSSC[C@@H](C(=O)N[C@H](C(=O)NC(C)=O)[C@@H](C)O)NC(=O)[C@H](Cc2c[nH]c3ccccc23)NC(=O)[C@H](C(C)C)NC(=O)[C@H](CC(C)C)NC1=O. The number of benzene rings is 2. The average Bonchev–Trinajstić information content (AvgIpc) is 1.64. The first-order valence-corrected chi connectivity index (χ1v) is 45.0. The van der Waals surface area contributed by atoms with Crippen LogP contribution in [0.4, 0.5) is 0 Å². The number of aliphatic hydroxyl groups excluding tert-OH is 1. The zero-order valence-corrected chi connectivity index (χ0v) is 75.3. The summed E-state index contributed by atoms with van der Waals surface area (Å²) in [5, 5.41) is 60.3. The van der Waals surface area contributed by atoms with Crippen LogP contribution >= 0.6 is 21.6 Å². The van der Waals surface area contributed by atoms with E-state index >= 15 is 14.4 Å². The number of carboxylic acids is 1. The number of hydrogen-bond donors (Lipinski definition) is 21. The summed E-state index contributed by atoms with van der Waals surface area (Å²) in [7, 11) is 1.55. The van der Waals surface area contributed by atoms with Crippen molar-refractivity contribution in [3.8, 4) is 12.3 Å². The molecule has 129 heavy (non-hydrogen) atoms. The van der Waals surface area contributed by atoms with E-state index in [-0.39, 0.29) is 96.0 Å². The van der Waals surface area contributed by atoms with Gasteiger partial charge in [-0.3, -0.25) is 86.8 Å². The van der Waals surface area contributed by atoms with Gasteiger partial charge < -0.3 is 120 Å². The van der Waals surface area contributed by atoms with Gasteiger partial charge in [-0.1, -0.05) is 99.5 Å². The molecule has 44 heteroatoms. The Kier molecular flexibility index (Phi) is 45.1. The zero-order valence-electron chi connectivity index (χ0n) is 73.7. The maximum Gasteiger partial charge on any atom is 0.305 e. The number of nitrogens with two attached hydrogens (primary N) is 1. The van der Waals surface area contributed by atoms with Gasteiger partial charge in [-0.2, -0.15) is 0 Å². The lowest BCUT2D eigenvalue weighted by Crippen LogP contribution is -2.62. The van der Waals surface area contributed by atoms with Crippen LogP contribution in [0, 0.1) is 30.1 Å². The van der Waals surface area contributed by atoms with Crippen LogP contribution in [-0.4, -0.2) is 280 Å². The molecule has 0 spiro atoms. The molecule has 0 saturated carbocycles. The standard InChI is InChI=1S/C85H122N20O22S2/c1-11-12-13-22-68(108)88-25-27-125-29-31-127-32-30-126-28-26-89-69(109)24-23-60-77(116)99-62(34-47(4)5)81(120)104-72(48(6)7)84(123)101-64(36-53-40-91-59-21-17-15-19-56(53)59)79(118)103-67(83(122)105-73(50(9)106)85(124)95-51(10)107)44-129-128-43-66(102-75(114)57(86)38-71(111)112)82(121)94-49(8)74(113)97-63(35-52-39-90-58-20-16-14-18-55(52)58)78(117)100-65(37-54-41-87-45-93-54)80(119)98-61(33-46(2)3)76(115)92-42-70(110)96-60/h1,14-21,39-41,45-50,57,60-67,72-73,90-91,106H,12-13,22-38,42-44,86H2,2-10H3,(H,87,93)(H,88,108)(H,89,109)(H,92,115)(H,94,121)(H,96,110)(H,97,113)(H,98,119)(H,99,116)(H,100,117)(H,101,123)(H,102,114)(H,103,118)(H,104,120)(H,105,122)(H,111,112)(H,95,107,124)/t49-,50+,57-,60-,61-,62-,63-,64-,65-,66-,67-,72-,73-/m0/s1. The Hall–Kier alpha value is -12.0. The van der Waals surface area contributed by atoms with Gasteiger partial charge in [0.25, 0.3) is 5.91 Å². The van der Waals surface area contributed by atoms with Crippen molar-refractivity contribution >= 4 is 144 Å². The number of ether oxygens (including phenoxy) is 3. The van der Waals surface area contributed by atoms with Crippen molar-refractivity contribution < 1.29 is 106 Å². The predicted molar refractivity (Wildman–Crippen MR) is 476 cm³/mol. The third-order valence-corrected chi connectivity index (χ3v) is 22.4. The van der Waals surface area contributed by atoms with Crippen molar-refractivity contribution in [3.63, 3.8) is 0 Å². The quantitative estimate of drug-likeness (QED) is 0.0113. The largest absolute Gasteiger partial charge is 0.481 e. The van der Waals surface area contributed by atoms with E-state index in [2.05, 4.69) is 100 Å². The summed E-state index contributed by atoms with van der Waals surface area (Å²) in [5.74, 6) is -16.4. The molecule has 13 atom stereocenters. The van der Waals surface area contributed by atoms with Gasteiger partial charge in [0.2, 0.25) is 88.6 Å². The first-order chi connectivity index (χ1) is 61.4. The van der Waals surface area contributed by atoms with E-state index < -0.39 is 216 Å². The fourth-order valence-corrected chi connectivity index (χ4v) is 15.6. The molecule has 0 radical (unpaired) electrons. The van der Waals surface area contributed by atoms with E-state index in [0.717, 1.165) is 35.4 Å². The van der Waals surface area contributed by atoms with E-state index in [4.69, 9.17) is 26.4 Å². The Bertz CT molecular complexity index is 4670. The van der Waals surface area contributed by atoms with Crippen LogP contribution in [0.15, 0.2) is 73.4 Å². The summed E-state index contributed by atoms with van der Waals surface area (Å²) < 4.78 is 16.7. The number of amides is 16. The van der Waals surface area contributed by atoms with Crippen LogP contribution in [0.3, 0.4) is 0 Å². The number of carbonyl (C=O) groups excluding carboxylic acids is 16. The number of aromatic nitrogens is 4. The first-order valence-electron chi connectivity index (χ1n) is 42.5. The van der Waals surface area contributed by atoms with Gasteiger partial charge >= 0.3 is 5.97 Å². The second kappa shape index (κ2) is 55.0. The number of nitrogens with zero attached hydrogens (tertiary/aromatic N) is 1. The summed E-state index contributed by atoms with van der Waals surface area (Å²) in [5.41, 5.74) is 8.50. The molecule has 22 N–H and O–H groups in total. The smallest absolute Gasteiger partial charge is 0.305 e. The Labute approximate surface area is 754 Å². The van der Waals surface area contributed by atoms with Crippen LogP contribution < -0.4 is 85.5 Å². The molecule has 4 heterocycles. The number of hydrogen-bond acceptors (Lipinski definition) is 25. The number of aliphatic hydroxyl groups is 1. The maximum absolute atomic E-state index is 15.3. The third-order valence-electron chi connectivity index (χ3n) is 20.0. The molecule has 0 aliphatic carbocycles. The molecule has 3 aromatic heterocycles. The number of imide groups is 1. The minimum atomic E-state index is -1.85. The lowest BCUT2D eigenvalue weighted by Gasteiger charge is -2.29. The Balaban J connectivity index is 1.39. The van der Waals surface area contributed by atoms with Gasteiger partial charge in [-0.15, -0.1) is 12.3 Å². The summed E-state index contributed by atoms with van der Waals surface area (Å²) in [4.78, 5) is 253. The molecule has 1 aliphatic rings. The lowest BCUT2D eigenvalue weighted by atomic mass is 9.98. The topological polar surface area (TPSA) is 625 Å². The summed E-state index contributed by atoms with van der Waals surface area (Å²) in [6, 6.07) is -5.67. The molecule has 1 fully saturated rings. The zero-order chi connectivity index (χ0) is 94.8. The molecule has 1 aliphatic heterocycles. The fraction of sp³-hybridized carbons (Fsp3) is 0.553. The maximum atomic E-state index is 15.3. The molecule has 0 bridgehead atoms. The number of para-hydroxylation sites is 2. The van der Waals surface area contributed by atoms with Gasteiger partial charge in [0.1, 0.15) is 66.5 Å². The van der Waals surface area contributed by atoms with Gasteiger partial charge in [0, 0.05) is 116 Å². The second-order valence-electron chi connectivity index (χ2n) is 32.1. The molecule has 0 unspecified atom stereocenters. The van der Waals surface area contributed by atoms with Crippen LogP contribution in [0.25, 0.3) is 21.8 Å². The van der Waals surface area contributed by atoms with Gasteiger partial charge in [-0.25, -0.2) is 4.98 Å². The van der Waals surface area contributed by atoms with Gasteiger partial charge in [0.15, 0.2) is 0 Å². The average molecular weight is 1840 g/mol. The van der Waals surface area contributed by atoms with E-state index in [0.29, 0.717) is 64.4 Å². The fourth-order valence-electron chi connectivity index (χ4n) is 13.2. The highest BCUT2D eigenvalue weighted by Gasteiger charge is 2.39. The minimum absolute atomic E-state index is 0.00713. The molecule has 2 aromatic carbocycles. The van der Waals surface area contributed by atoms with Crippen LogP contribution in [0.1, 0.15) is 131 Å². The Morgan fingerprint density at radius 1 is 0.581 bits per heavy atom. The minimum Gasteiger partial charge on any atom is -0.481 e. The molecular formula is C85H122N20O22S2. The summed E-state index contributed by atoms with van der Waals surface area (Å²) >= 11 is 0. The van der Waals surface area contributed by atoms with E-state index in [1.807, 2.05) is 5.32 Å². The number of H-pyrrole nitrogens is 3. The Morgan fingerprint density at radius 2 is 1.09 bits per heavy atom. The van der Waals surface area contributed by atoms with Crippen molar-refractivity contribution in [3.05, 3.63) is 90.3 Å². The van der Waals surface area contributed by atoms with Crippen molar-refractivity contribution in [2.45, 2.75) is 212 Å². The number of unbranched alkanes of at least 4 members (excludes halogenated alkanes) is 1. The molecule has 5 aromatic rings. The van der Waals surface area contributed by atoms with Crippen molar-refractivity contribution in [1.29, 1.82) is 0 Å². The highest BCUT2D eigenvalue weighted by atomic mass is 33.1. The highest BCUT2D eigenvalue weighted by Crippen LogP contribution is 2.26. The van der Waals surface area contributed by atoms with Crippen LogP contribution in [0.2, 0.25) is 0 Å². The molecule has 706 valence electrons. The van der Waals surface area contributed by atoms with Gasteiger partial charge in [-0.05, 0) is 80.5 Å². The molecule has 16 amide bonds. The lowest BCUT2D eigenvalue weighted by molar-refractivity contribution is -0.140. The van der Waals surface area contributed by atoms with E-state index in [1.165, 1.54) is 19.4 Å². The number of aromatic amines is 3. The number of carbonyl (C=O) groups is 17. The normalized spacial score (nSPS) is 21.1. The Morgan fingerprint density at radius 3 is 1.62 bits per heavy atom. The third kappa shape index (κ3) is 37.3. The van der Waals surface area contributed by atoms with Crippen molar-refractivity contribution in [2.24, 2.45) is 23.5 Å². The number of imidazole rings is 1. The van der Waals surface area contributed by atoms with Crippen LogP contribution in [0.5, 0.6) is 0 Å². The molecule has 6 rings (SSSR count). The van der Waals surface area contributed by atoms with Crippen LogP contribution in [-0.2, 0) is 115 Å². The summed E-state index contributed by atoms with van der Waals surface area (Å²) in [6.45, 7) is 14.0. The van der Waals surface area contributed by atoms with Crippen molar-refractivity contribution in [1.82, 2.24) is 99.7 Å². The number of fused-ring (bicyclic) bond motifs is 2. The molecule has 1 saturated heterocycles. The second-order valence-corrected chi connectivity index (χ2v) is 34.6. The molecule has 42 nitrogen and oxygen atoms in total. The van der Waals surface area contributed by atoms with Gasteiger partial charge in [0.05, 0.1) is 71.1 Å².